The molecule has 1 aromatic rings. The van der Waals surface area contributed by atoms with E-state index in [-0.39, 0.29) is 17.6 Å². The largest absolute Gasteiger partial charge is 0.550 e. The maximum Gasteiger partial charge on any atom is 0.167 e. The van der Waals surface area contributed by atoms with Crippen molar-refractivity contribution in [3.05, 3.63) is 47.0 Å². The number of hydrogen-bond acceptors (Lipinski definition) is 3. The topological polar surface area (TPSA) is 57.2 Å². The fourth-order valence-electron chi connectivity index (χ4n) is 5.62. The fraction of sp³-hybridized carbons (Fsp3) is 0.545. The van der Waals surface area contributed by atoms with Crippen LogP contribution in [0.2, 0.25) is 0 Å². The molecule has 3 aliphatic carbocycles. The Labute approximate surface area is 149 Å². The summed E-state index contributed by atoms with van der Waals surface area (Å²) in [7, 11) is 0. The summed E-state index contributed by atoms with van der Waals surface area (Å²) in [4.78, 5) is 25.5. The highest BCUT2D eigenvalue weighted by Gasteiger charge is 2.48. The Balaban J connectivity index is 1.81. The molecule has 4 atom stereocenters. The number of allylic oxidation sites excluding steroid dienone is 2. The molecule has 0 aromatic heterocycles. The van der Waals surface area contributed by atoms with Crippen LogP contribution in [0.1, 0.15) is 61.7 Å². The van der Waals surface area contributed by atoms with E-state index in [4.69, 9.17) is 0 Å². The van der Waals surface area contributed by atoms with Gasteiger partial charge in [0.25, 0.3) is 0 Å². The molecule has 0 saturated heterocycles. The summed E-state index contributed by atoms with van der Waals surface area (Å²) in [5.41, 5.74) is 3.45. The molecule has 1 aromatic carbocycles. The highest BCUT2D eigenvalue weighted by molar-refractivity contribution is 6.00. The second-order valence-corrected chi connectivity index (χ2v) is 7.86. The van der Waals surface area contributed by atoms with Crippen molar-refractivity contribution < 1.29 is 14.7 Å². The molecule has 0 aliphatic heterocycles. The van der Waals surface area contributed by atoms with Gasteiger partial charge in [0.05, 0.1) is 0 Å². The molecule has 0 heterocycles. The molecule has 3 heteroatoms. The zero-order valence-corrected chi connectivity index (χ0v) is 14.6. The minimum atomic E-state index is -1.02. The van der Waals surface area contributed by atoms with E-state index in [1.807, 2.05) is 30.3 Å². The van der Waals surface area contributed by atoms with Crippen molar-refractivity contribution in [2.24, 2.45) is 23.7 Å². The molecular weight excluding hydrogens is 312 g/mol. The molecule has 132 valence electrons. The molecule has 0 radical (unpaired) electrons. The molecular formula is C22H25O3-. The number of ketones is 1. The van der Waals surface area contributed by atoms with E-state index in [1.165, 1.54) is 17.6 Å². The van der Waals surface area contributed by atoms with Crippen LogP contribution in [0, 0.1) is 23.7 Å². The van der Waals surface area contributed by atoms with E-state index in [9.17, 15) is 14.7 Å². The van der Waals surface area contributed by atoms with E-state index in [2.05, 4.69) is 0 Å². The Morgan fingerprint density at radius 2 is 1.36 bits per heavy atom. The number of rotatable bonds is 3. The smallest absolute Gasteiger partial charge is 0.167 e. The summed E-state index contributed by atoms with van der Waals surface area (Å²) in [5.74, 6) is -2.01. The van der Waals surface area contributed by atoms with Gasteiger partial charge in [0.2, 0.25) is 0 Å². The van der Waals surface area contributed by atoms with E-state index in [1.54, 1.807) is 0 Å². The summed E-state index contributed by atoms with van der Waals surface area (Å²) >= 11 is 0. The van der Waals surface area contributed by atoms with Crippen molar-refractivity contribution in [2.45, 2.75) is 51.4 Å². The Morgan fingerprint density at radius 3 is 1.92 bits per heavy atom. The van der Waals surface area contributed by atoms with Crippen molar-refractivity contribution >= 4 is 11.8 Å². The normalized spacial score (nSPS) is 31.8. The van der Waals surface area contributed by atoms with Gasteiger partial charge in [-0.3, -0.25) is 4.79 Å². The lowest BCUT2D eigenvalue weighted by atomic mass is 9.56. The third-order valence-electron chi connectivity index (χ3n) is 6.62. The van der Waals surface area contributed by atoms with Crippen molar-refractivity contribution in [1.82, 2.24) is 0 Å². The molecule has 0 unspecified atom stereocenters. The SMILES string of the molecule is O=C(c1ccccc1)[C@@H]1[C@@H](C(=O)[O-])[C@H]2CCCCC2=C2CCCC[C@H]21. The molecule has 3 nitrogen and oxygen atoms in total. The first-order valence-electron chi connectivity index (χ1n) is 9.70. The molecule has 0 bridgehead atoms. The number of Topliss-reactive ketones (excluding diaryl/α,β-unsaturated/α-hetero) is 1. The van der Waals surface area contributed by atoms with Crippen LogP contribution in [0.5, 0.6) is 0 Å². The minimum absolute atomic E-state index is 0.00354. The summed E-state index contributed by atoms with van der Waals surface area (Å²) in [5, 5.41) is 12.1. The molecule has 3 aliphatic rings. The maximum absolute atomic E-state index is 13.3. The highest BCUT2D eigenvalue weighted by atomic mass is 16.4. The molecule has 2 fully saturated rings. The number of carbonyl (C=O) groups is 2. The van der Waals surface area contributed by atoms with Gasteiger partial charge in [-0.1, -0.05) is 54.3 Å². The van der Waals surface area contributed by atoms with Crippen LogP contribution in [-0.4, -0.2) is 11.8 Å². The minimum Gasteiger partial charge on any atom is -0.550 e. The van der Waals surface area contributed by atoms with Crippen molar-refractivity contribution in [2.75, 3.05) is 0 Å². The molecule has 25 heavy (non-hydrogen) atoms. The zero-order valence-electron chi connectivity index (χ0n) is 14.6. The second-order valence-electron chi connectivity index (χ2n) is 7.86. The van der Waals surface area contributed by atoms with Gasteiger partial charge in [0.15, 0.2) is 5.78 Å². The van der Waals surface area contributed by atoms with Gasteiger partial charge in [0, 0.05) is 23.4 Å². The average molecular weight is 337 g/mol. The van der Waals surface area contributed by atoms with Gasteiger partial charge in [-0.2, -0.15) is 0 Å². The number of fused-ring (bicyclic) bond motifs is 2. The van der Waals surface area contributed by atoms with Crippen molar-refractivity contribution in [3.8, 4) is 0 Å². The Morgan fingerprint density at radius 1 is 0.800 bits per heavy atom. The molecule has 0 amide bonds. The number of hydrogen-bond donors (Lipinski definition) is 0. The number of aliphatic carboxylic acids is 1. The monoisotopic (exact) mass is 337 g/mol. The van der Waals surface area contributed by atoms with Gasteiger partial charge in [0.1, 0.15) is 0 Å². The van der Waals surface area contributed by atoms with Crippen molar-refractivity contribution in [3.63, 3.8) is 0 Å². The van der Waals surface area contributed by atoms with E-state index >= 15 is 0 Å². The first-order valence-corrected chi connectivity index (χ1v) is 9.70. The quantitative estimate of drug-likeness (QED) is 0.626. The summed E-state index contributed by atoms with van der Waals surface area (Å²) in [6.45, 7) is 0. The number of carbonyl (C=O) groups excluding carboxylic acids is 2. The van der Waals surface area contributed by atoms with Crippen LogP contribution in [0.4, 0.5) is 0 Å². The van der Waals surface area contributed by atoms with Crippen LogP contribution in [0.3, 0.4) is 0 Å². The first kappa shape index (κ1) is 16.6. The van der Waals surface area contributed by atoms with E-state index in [0.29, 0.717) is 5.56 Å². The summed E-state index contributed by atoms with van der Waals surface area (Å²) in [6.07, 6.45) is 8.37. The summed E-state index contributed by atoms with van der Waals surface area (Å²) < 4.78 is 0. The summed E-state index contributed by atoms with van der Waals surface area (Å²) in [6, 6.07) is 9.23. The zero-order chi connectivity index (χ0) is 17.4. The lowest BCUT2D eigenvalue weighted by Gasteiger charge is -2.49. The first-order chi connectivity index (χ1) is 12.2. The number of benzene rings is 1. The maximum atomic E-state index is 13.3. The predicted molar refractivity (Wildman–Crippen MR) is 93.7 cm³/mol. The van der Waals surface area contributed by atoms with Crippen LogP contribution in [0.15, 0.2) is 41.5 Å². The number of carboxylic acids is 1. The van der Waals surface area contributed by atoms with Crippen LogP contribution in [-0.2, 0) is 4.79 Å². The highest BCUT2D eigenvalue weighted by Crippen LogP contribution is 2.53. The lowest BCUT2D eigenvalue weighted by molar-refractivity contribution is -0.315. The lowest BCUT2D eigenvalue weighted by Crippen LogP contribution is -2.50. The van der Waals surface area contributed by atoms with Crippen LogP contribution >= 0.6 is 0 Å². The van der Waals surface area contributed by atoms with Gasteiger partial charge >= 0.3 is 0 Å². The Bertz CT molecular complexity index is 703. The predicted octanol–water partition coefficient (Wildman–Crippen LogP) is 3.54. The Hall–Kier alpha value is -1.90. The van der Waals surface area contributed by atoms with Crippen LogP contribution in [0.25, 0.3) is 0 Å². The molecule has 0 N–H and O–H groups in total. The third-order valence-corrected chi connectivity index (χ3v) is 6.62. The van der Waals surface area contributed by atoms with Gasteiger partial charge in [-0.25, -0.2) is 0 Å². The molecule has 2 saturated carbocycles. The Kier molecular flexibility index (Phi) is 4.49. The van der Waals surface area contributed by atoms with Gasteiger partial charge in [-0.05, 0) is 50.4 Å². The van der Waals surface area contributed by atoms with Gasteiger partial charge < -0.3 is 9.90 Å². The van der Waals surface area contributed by atoms with Crippen LogP contribution < -0.4 is 5.11 Å². The standard InChI is InChI=1S/C22H26O3/c23-21(14-8-2-1-3-9-14)19-17-12-6-4-10-15(17)16-11-5-7-13-18(16)20(19)22(24)25/h1-3,8-9,17-20H,4-7,10-13H2,(H,24,25)/p-1/t17-,18+,19+,20+/m1/s1. The second kappa shape index (κ2) is 6.78. The third kappa shape index (κ3) is 2.84. The van der Waals surface area contributed by atoms with Crippen molar-refractivity contribution in [1.29, 1.82) is 0 Å². The van der Waals surface area contributed by atoms with E-state index < -0.39 is 17.8 Å². The van der Waals surface area contributed by atoms with Gasteiger partial charge in [-0.15, -0.1) is 0 Å². The number of carboxylic acid groups (broad SMARTS) is 1. The fourth-order valence-corrected chi connectivity index (χ4v) is 5.62. The molecule has 0 spiro atoms. The van der Waals surface area contributed by atoms with E-state index in [0.717, 1.165) is 44.9 Å². The average Bonchev–Trinajstić information content (AvgIpc) is 2.67. The molecule has 4 rings (SSSR count).